The summed E-state index contributed by atoms with van der Waals surface area (Å²) in [7, 11) is 0. The summed E-state index contributed by atoms with van der Waals surface area (Å²) in [6, 6.07) is 8.59. The third-order valence-corrected chi connectivity index (χ3v) is 9.55. The van der Waals surface area contributed by atoms with Crippen molar-refractivity contribution < 1.29 is 14.7 Å². The smallest absolute Gasteiger partial charge is 0.307 e. The number of hydrazine groups is 1. The van der Waals surface area contributed by atoms with Crippen molar-refractivity contribution in [3.8, 4) is 0 Å². The van der Waals surface area contributed by atoms with Crippen molar-refractivity contribution in [2.45, 2.75) is 76.2 Å². The van der Waals surface area contributed by atoms with Gasteiger partial charge in [-0.25, -0.2) is 5.43 Å². The molecule has 3 saturated heterocycles. The molecular formula is C27H40N6O3. The van der Waals surface area contributed by atoms with Crippen LogP contribution in [0.2, 0.25) is 0 Å². The molecule has 9 nitrogen and oxygen atoms in total. The minimum Gasteiger partial charge on any atom is -0.481 e. The minimum absolute atomic E-state index is 0.0154. The molecule has 5 fully saturated rings. The Balaban J connectivity index is 1.11. The van der Waals surface area contributed by atoms with Crippen LogP contribution in [0.15, 0.2) is 24.3 Å². The number of carbonyl (C=O) groups excluding carboxylic acids is 1. The Bertz CT molecular complexity index is 955. The zero-order valence-corrected chi connectivity index (χ0v) is 21.0. The second kappa shape index (κ2) is 9.84. The highest BCUT2D eigenvalue weighted by molar-refractivity contribution is 5.81. The van der Waals surface area contributed by atoms with E-state index in [1.807, 2.05) is 0 Å². The van der Waals surface area contributed by atoms with Gasteiger partial charge in [-0.15, -0.1) is 0 Å². The molecule has 0 bridgehead atoms. The first-order chi connectivity index (χ1) is 17.5. The van der Waals surface area contributed by atoms with Gasteiger partial charge in [0, 0.05) is 37.1 Å². The fourth-order valence-corrected chi connectivity index (χ4v) is 7.22. The molecule has 6 N–H and O–H groups in total. The number of carbonyl (C=O) groups is 2. The van der Waals surface area contributed by atoms with Gasteiger partial charge in [-0.2, -0.15) is 0 Å². The number of nitrogens with one attached hydrogen (secondary N) is 5. The van der Waals surface area contributed by atoms with Gasteiger partial charge in [0.15, 0.2) is 0 Å². The van der Waals surface area contributed by atoms with Gasteiger partial charge in [0.1, 0.15) is 0 Å². The van der Waals surface area contributed by atoms with Crippen molar-refractivity contribution in [3.63, 3.8) is 0 Å². The highest BCUT2D eigenvalue weighted by Crippen LogP contribution is 2.59. The Kier molecular flexibility index (Phi) is 6.56. The highest BCUT2D eigenvalue weighted by Gasteiger charge is 2.58. The summed E-state index contributed by atoms with van der Waals surface area (Å²) in [5.74, 6) is -0.369. The van der Waals surface area contributed by atoms with Gasteiger partial charge in [0.2, 0.25) is 5.91 Å². The zero-order valence-electron chi connectivity index (χ0n) is 21.0. The van der Waals surface area contributed by atoms with Gasteiger partial charge in [-0.05, 0) is 67.7 Å². The van der Waals surface area contributed by atoms with Crippen LogP contribution in [-0.2, 0) is 9.59 Å². The van der Waals surface area contributed by atoms with Crippen molar-refractivity contribution in [1.82, 2.24) is 21.5 Å². The summed E-state index contributed by atoms with van der Waals surface area (Å²) in [6.45, 7) is 2.54. The Hall–Kier alpha value is -2.36. The molecule has 1 aromatic carbocycles. The summed E-state index contributed by atoms with van der Waals surface area (Å²) in [5, 5.41) is 20.5. The number of rotatable bonds is 5. The summed E-state index contributed by atoms with van der Waals surface area (Å²) < 4.78 is 0. The van der Waals surface area contributed by atoms with E-state index >= 15 is 0 Å². The van der Waals surface area contributed by atoms with E-state index in [0.29, 0.717) is 5.92 Å². The monoisotopic (exact) mass is 496 g/mol. The molecule has 36 heavy (non-hydrogen) atoms. The molecular weight excluding hydrogens is 456 g/mol. The van der Waals surface area contributed by atoms with Crippen LogP contribution >= 0.6 is 0 Å². The number of piperidine rings is 1. The third kappa shape index (κ3) is 4.68. The van der Waals surface area contributed by atoms with Crippen LogP contribution < -0.4 is 31.7 Å². The number of hydrogen-bond acceptors (Lipinski definition) is 7. The molecule has 2 saturated carbocycles. The van der Waals surface area contributed by atoms with E-state index in [1.54, 1.807) is 0 Å². The highest BCUT2D eigenvalue weighted by atomic mass is 16.4. The minimum atomic E-state index is -0.628. The largest absolute Gasteiger partial charge is 0.481 e. The first-order valence-electron chi connectivity index (χ1n) is 13.9. The van der Waals surface area contributed by atoms with E-state index in [-0.39, 0.29) is 41.5 Å². The fourth-order valence-electron chi connectivity index (χ4n) is 7.22. The van der Waals surface area contributed by atoms with Crippen molar-refractivity contribution >= 4 is 23.3 Å². The van der Waals surface area contributed by atoms with Crippen LogP contribution in [0, 0.1) is 23.2 Å². The first-order valence-corrected chi connectivity index (χ1v) is 13.9. The molecule has 5 aliphatic rings. The van der Waals surface area contributed by atoms with E-state index in [0.717, 1.165) is 44.6 Å². The second-order valence-corrected chi connectivity index (χ2v) is 11.7. The molecule has 196 valence electrons. The van der Waals surface area contributed by atoms with Crippen molar-refractivity contribution in [2.75, 3.05) is 29.9 Å². The van der Waals surface area contributed by atoms with E-state index in [2.05, 4.69) is 56.0 Å². The predicted molar refractivity (Wildman–Crippen MR) is 138 cm³/mol. The van der Waals surface area contributed by atoms with Crippen molar-refractivity contribution in [2.24, 2.45) is 23.2 Å². The number of carboxylic acid groups (broad SMARTS) is 1. The van der Waals surface area contributed by atoms with Crippen LogP contribution in [-0.4, -0.2) is 55.0 Å². The summed E-state index contributed by atoms with van der Waals surface area (Å²) in [4.78, 5) is 26.5. The van der Waals surface area contributed by atoms with Gasteiger partial charge < -0.3 is 15.3 Å². The molecule has 6 rings (SSSR count). The number of benzene rings is 1. The summed E-state index contributed by atoms with van der Waals surface area (Å²) in [6.07, 6.45) is 10.5. The number of amides is 1. The number of nitrogens with zero attached hydrogens (tertiary/aromatic N) is 1. The Morgan fingerprint density at radius 2 is 1.75 bits per heavy atom. The van der Waals surface area contributed by atoms with Crippen LogP contribution in [0.25, 0.3) is 0 Å². The normalized spacial score (nSPS) is 34.4. The van der Waals surface area contributed by atoms with E-state index in [9.17, 15) is 14.7 Å². The standard InChI is InChI=1S/C27H40N6O3/c34-25-22-21(16-28-32-25)30-23(17-5-3-1-2-4-6-17)31-24(22)29-18-7-9-19(10-8-18)33-13-11-27(12-14-33)15-20(27)26(35)36/h7-10,17,20-24,28-31H,1-6,11-16H2,(H,32,34)(H,35,36). The van der Waals surface area contributed by atoms with Crippen molar-refractivity contribution in [1.29, 1.82) is 0 Å². The van der Waals surface area contributed by atoms with E-state index in [4.69, 9.17) is 0 Å². The number of fused-ring (bicyclic) bond motifs is 1. The van der Waals surface area contributed by atoms with Gasteiger partial charge in [0.05, 0.1) is 24.2 Å². The molecule has 0 radical (unpaired) electrons. The topological polar surface area (TPSA) is 118 Å². The number of aliphatic carboxylic acids is 1. The Morgan fingerprint density at radius 3 is 2.42 bits per heavy atom. The van der Waals surface area contributed by atoms with Crippen LogP contribution in [0.4, 0.5) is 11.4 Å². The van der Waals surface area contributed by atoms with Gasteiger partial charge >= 0.3 is 5.97 Å². The number of carboxylic acids is 1. The molecule has 1 aromatic rings. The quantitative estimate of drug-likeness (QED) is 0.344. The summed E-state index contributed by atoms with van der Waals surface area (Å²) >= 11 is 0. The van der Waals surface area contributed by atoms with E-state index < -0.39 is 5.97 Å². The molecule has 0 aromatic heterocycles. The van der Waals surface area contributed by atoms with Gasteiger partial charge in [-0.1, -0.05) is 25.7 Å². The van der Waals surface area contributed by atoms with E-state index in [1.165, 1.54) is 44.2 Å². The second-order valence-electron chi connectivity index (χ2n) is 11.7. The maximum Gasteiger partial charge on any atom is 0.307 e. The molecule has 2 aliphatic carbocycles. The average molecular weight is 497 g/mol. The molecule has 5 unspecified atom stereocenters. The lowest BCUT2D eigenvalue weighted by atomic mass is 9.86. The molecule has 3 heterocycles. The average Bonchev–Trinajstić information content (AvgIpc) is 3.65. The summed E-state index contributed by atoms with van der Waals surface area (Å²) in [5.41, 5.74) is 8.11. The molecule has 5 atom stereocenters. The van der Waals surface area contributed by atoms with Crippen LogP contribution in [0.5, 0.6) is 0 Å². The maximum absolute atomic E-state index is 12.8. The fraction of sp³-hybridized carbons (Fsp3) is 0.704. The Morgan fingerprint density at radius 1 is 1.03 bits per heavy atom. The van der Waals surface area contributed by atoms with Gasteiger partial charge in [-0.3, -0.25) is 25.6 Å². The molecule has 1 spiro atoms. The SMILES string of the molecule is O=C1NNCC2NC(C3CCCCCC3)NC(Nc3ccc(N4CCC5(CC4)CC5C(=O)O)cc3)C12. The van der Waals surface area contributed by atoms with Crippen molar-refractivity contribution in [3.05, 3.63) is 24.3 Å². The first kappa shape index (κ1) is 24.0. The molecule has 3 aliphatic heterocycles. The predicted octanol–water partition coefficient (Wildman–Crippen LogP) is 2.22. The molecule has 1 amide bonds. The number of hydrogen-bond donors (Lipinski definition) is 6. The number of anilines is 2. The molecule has 9 heteroatoms. The zero-order chi connectivity index (χ0) is 24.7. The third-order valence-electron chi connectivity index (χ3n) is 9.55. The lowest BCUT2D eigenvalue weighted by Gasteiger charge is -2.47. The van der Waals surface area contributed by atoms with Gasteiger partial charge in [0.25, 0.3) is 0 Å². The Labute approximate surface area is 213 Å². The maximum atomic E-state index is 12.8. The lowest BCUT2D eigenvalue weighted by Crippen LogP contribution is -2.75. The van der Waals surface area contributed by atoms with Crippen LogP contribution in [0.1, 0.15) is 57.8 Å². The van der Waals surface area contributed by atoms with Crippen LogP contribution in [0.3, 0.4) is 0 Å². The lowest BCUT2D eigenvalue weighted by molar-refractivity contribution is -0.139.